The third-order valence-corrected chi connectivity index (χ3v) is 5.55. The molecule has 0 aliphatic heterocycles. The molecule has 2 rings (SSSR count). The molecule has 0 saturated heterocycles. The van der Waals surface area contributed by atoms with Gasteiger partial charge < -0.3 is 10.1 Å². The Balaban J connectivity index is 2.22. The van der Waals surface area contributed by atoms with Gasteiger partial charge in [-0.1, -0.05) is 23.7 Å². The minimum atomic E-state index is -3.44. The highest BCUT2D eigenvalue weighted by atomic mass is 35.5. The smallest absolute Gasteiger partial charge is 0.253 e. The van der Waals surface area contributed by atoms with E-state index < -0.39 is 10.0 Å². The van der Waals surface area contributed by atoms with E-state index in [-0.39, 0.29) is 22.5 Å². The SMILES string of the molecule is COc1ccc([C@H](C)NC(=O)c2cc(N(C)S(C)(=O)=O)ccc2Cl)cc1. The molecule has 2 aromatic rings. The maximum atomic E-state index is 12.6. The Morgan fingerprint density at radius 1 is 1.19 bits per heavy atom. The Morgan fingerprint density at radius 2 is 1.81 bits per heavy atom. The van der Waals surface area contributed by atoms with Gasteiger partial charge >= 0.3 is 0 Å². The molecular formula is C18H21ClN2O4S. The summed E-state index contributed by atoms with van der Waals surface area (Å²) in [5.41, 5.74) is 1.47. The molecule has 0 bridgehead atoms. The summed E-state index contributed by atoms with van der Waals surface area (Å²) in [7, 11) is -0.434. The number of nitrogens with one attached hydrogen (secondary N) is 1. The molecule has 0 radical (unpaired) electrons. The summed E-state index contributed by atoms with van der Waals surface area (Å²) in [6, 6.07) is 11.6. The van der Waals surface area contributed by atoms with Crippen molar-refractivity contribution in [2.24, 2.45) is 0 Å². The maximum Gasteiger partial charge on any atom is 0.253 e. The fraction of sp³-hybridized carbons (Fsp3) is 0.278. The number of carbonyl (C=O) groups excluding carboxylic acids is 1. The number of hydrogen-bond acceptors (Lipinski definition) is 4. The van der Waals surface area contributed by atoms with Crippen molar-refractivity contribution in [3.8, 4) is 5.75 Å². The van der Waals surface area contributed by atoms with Gasteiger partial charge in [0.05, 0.1) is 35.7 Å². The average Bonchev–Trinajstić information content (AvgIpc) is 2.60. The number of anilines is 1. The Kier molecular flexibility index (Phi) is 6.15. The summed E-state index contributed by atoms with van der Waals surface area (Å²) >= 11 is 6.13. The minimum Gasteiger partial charge on any atom is -0.497 e. The van der Waals surface area contributed by atoms with Crippen molar-refractivity contribution < 1.29 is 17.9 Å². The van der Waals surface area contributed by atoms with Gasteiger partial charge in [-0.3, -0.25) is 9.10 Å². The number of halogens is 1. The van der Waals surface area contributed by atoms with E-state index in [2.05, 4.69) is 5.32 Å². The summed E-state index contributed by atoms with van der Waals surface area (Å²) in [5, 5.41) is 3.11. The zero-order valence-electron chi connectivity index (χ0n) is 15.0. The molecule has 0 heterocycles. The molecule has 1 N–H and O–H groups in total. The van der Waals surface area contributed by atoms with Crippen molar-refractivity contribution in [3.63, 3.8) is 0 Å². The number of benzene rings is 2. The van der Waals surface area contributed by atoms with Crippen LogP contribution in [-0.4, -0.2) is 34.7 Å². The molecule has 2 aromatic carbocycles. The van der Waals surface area contributed by atoms with Crippen LogP contribution in [0.1, 0.15) is 28.9 Å². The first-order chi connectivity index (χ1) is 12.1. The molecule has 6 nitrogen and oxygen atoms in total. The highest BCUT2D eigenvalue weighted by molar-refractivity contribution is 7.92. The van der Waals surface area contributed by atoms with E-state index >= 15 is 0 Å². The van der Waals surface area contributed by atoms with E-state index in [1.807, 2.05) is 31.2 Å². The van der Waals surface area contributed by atoms with Gasteiger partial charge in [0, 0.05) is 7.05 Å². The first-order valence-corrected chi connectivity index (χ1v) is 10.0. The summed E-state index contributed by atoms with van der Waals surface area (Å²) < 4.78 is 29.6. The first kappa shape index (κ1) is 20.1. The molecular weight excluding hydrogens is 376 g/mol. The van der Waals surface area contributed by atoms with Crippen LogP contribution in [0.3, 0.4) is 0 Å². The van der Waals surface area contributed by atoms with Gasteiger partial charge in [-0.25, -0.2) is 8.42 Å². The molecule has 0 aromatic heterocycles. The van der Waals surface area contributed by atoms with E-state index in [4.69, 9.17) is 16.3 Å². The van der Waals surface area contributed by atoms with Crippen LogP contribution in [-0.2, 0) is 10.0 Å². The Morgan fingerprint density at radius 3 is 2.35 bits per heavy atom. The molecule has 0 spiro atoms. The van der Waals surface area contributed by atoms with Gasteiger partial charge in [-0.2, -0.15) is 0 Å². The van der Waals surface area contributed by atoms with Gasteiger partial charge in [0.2, 0.25) is 10.0 Å². The van der Waals surface area contributed by atoms with Gasteiger partial charge in [0.25, 0.3) is 5.91 Å². The van der Waals surface area contributed by atoms with Gasteiger partial charge in [0.15, 0.2) is 0 Å². The topological polar surface area (TPSA) is 75.7 Å². The van der Waals surface area contributed by atoms with Crippen molar-refractivity contribution in [1.29, 1.82) is 0 Å². The van der Waals surface area contributed by atoms with E-state index in [0.29, 0.717) is 5.69 Å². The van der Waals surface area contributed by atoms with E-state index in [1.165, 1.54) is 19.2 Å². The largest absolute Gasteiger partial charge is 0.497 e. The van der Waals surface area contributed by atoms with Crippen LogP contribution in [0.25, 0.3) is 0 Å². The standard InChI is InChI=1S/C18H21ClN2O4S/c1-12(13-5-8-15(25-3)9-6-13)20-18(22)16-11-14(7-10-17(16)19)21(2)26(4,23)24/h5-12H,1-4H3,(H,20,22)/t12-/m0/s1. The average molecular weight is 397 g/mol. The second-order valence-corrected chi connectivity index (χ2v) is 8.28. The Hall–Kier alpha value is -2.25. The highest BCUT2D eigenvalue weighted by Gasteiger charge is 2.18. The first-order valence-electron chi connectivity index (χ1n) is 7.81. The third kappa shape index (κ3) is 4.68. The van der Waals surface area contributed by atoms with Crippen LogP contribution in [0.4, 0.5) is 5.69 Å². The van der Waals surface area contributed by atoms with Crippen LogP contribution in [0, 0.1) is 0 Å². The minimum absolute atomic E-state index is 0.208. The van der Waals surface area contributed by atoms with Crippen molar-refractivity contribution in [3.05, 3.63) is 58.6 Å². The number of methoxy groups -OCH3 is 1. The van der Waals surface area contributed by atoms with Gasteiger partial charge in [0.1, 0.15) is 5.75 Å². The summed E-state index contributed by atoms with van der Waals surface area (Å²) in [4.78, 5) is 12.6. The second kappa shape index (κ2) is 7.97. The predicted octanol–water partition coefficient (Wildman–Crippen LogP) is 3.24. The zero-order valence-corrected chi connectivity index (χ0v) is 16.6. The monoisotopic (exact) mass is 396 g/mol. The Bertz CT molecular complexity index is 898. The Labute approximate surface area is 158 Å². The fourth-order valence-corrected chi connectivity index (χ4v) is 3.02. The number of sulfonamides is 1. The molecule has 8 heteroatoms. The number of ether oxygens (including phenoxy) is 1. The van der Waals surface area contributed by atoms with Gasteiger partial charge in [-0.15, -0.1) is 0 Å². The zero-order chi connectivity index (χ0) is 19.5. The summed E-state index contributed by atoms with van der Waals surface area (Å²) in [6.45, 7) is 1.85. The van der Waals surface area contributed by atoms with Crippen molar-refractivity contribution >= 4 is 33.2 Å². The van der Waals surface area contributed by atoms with Crippen LogP contribution in [0.15, 0.2) is 42.5 Å². The van der Waals surface area contributed by atoms with E-state index in [0.717, 1.165) is 21.9 Å². The molecule has 0 aliphatic rings. The number of hydrogen-bond donors (Lipinski definition) is 1. The molecule has 1 amide bonds. The lowest BCUT2D eigenvalue weighted by molar-refractivity contribution is 0.0940. The summed E-state index contributed by atoms with van der Waals surface area (Å²) in [6.07, 6.45) is 1.09. The lowest BCUT2D eigenvalue weighted by Crippen LogP contribution is -2.28. The van der Waals surface area contributed by atoms with Crippen molar-refractivity contribution in [1.82, 2.24) is 5.32 Å². The molecule has 26 heavy (non-hydrogen) atoms. The van der Waals surface area contributed by atoms with E-state index in [9.17, 15) is 13.2 Å². The van der Waals surface area contributed by atoms with Crippen LogP contribution in [0.2, 0.25) is 5.02 Å². The molecule has 0 fully saturated rings. The van der Waals surface area contributed by atoms with Crippen molar-refractivity contribution in [2.45, 2.75) is 13.0 Å². The molecule has 0 unspecified atom stereocenters. The van der Waals surface area contributed by atoms with E-state index in [1.54, 1.807) is 13.2 Å². The lowest BCUT2D eigenvalue weighted by atomic mass is 10.1. The quantitative estimate of drug-likeness (QED) is 0.813. The fourth-order valence-electron chi connectivity index (χ4n) is 2.32. The van der Waals surface area contributed by atoms with Gasteiger partial charge in [-0.05, 0) is 42.8 Å². The lowest BCUT2D eigenvalue weighted by Gasteiger charge is -2.19. The summed E-state index contributed by atoms with van der Waals surface area (Å²) in [5.74, 6) is 0.342. The highest BCUT2D eigenvalue weighted by Crippen LogP contribution is 2.25. The number of nitrogens with zero attached hydrogens (tertiary/aromatic N) is 1. The third-order valence-electron chi connectivity index (χ3n) is 4.02. The molecule has 140 valence electrons. The van der Waals surface area contributed by atoms with Crippen LogP contribution < -0.4 is 14.4 Å². The van der Waals surface area contributed by atoms with Crippen molar-refractivity contribution in [2.75, 3.05) is 24.7 Å². The molecule has 1 atom stereocenters. The molecule has 0 saturated carbocycles. The number of carbonyl (C=O) groups is 1. The van der Waals surface area contributed by atoms with Crippen LogP contribution in [0.5, 0.6) is 5.75 Å². The molecule has 0 aliphatic carbocycles. The predicted molar refractivity (Wildman–Crippen MR) is 104 cm³/mol. The van der Waals surface area contributed by atoms with Crippen LogP contribution >= 0.6 is 11.6 Å². The maximum absolute atomic E-state index is 12.6. The normalized spacial score (nSPS) is 12.3. The number of amides is 1. The second-order valence-electron chi connectivity index (χ2n) is 5.86. The number of rotatable bonds is 6.